The molecule has 316 valence electrons. The van der Waals surface area contributed by atoms with Crippen LogP contribution in [0.3, 0.4) is 0 Å². The molecule has 2 aliphatic rings. The van der Waals surface area contributed by atoms with E-state index in [1.165, 1.54) is 83.5 Å². The number of hydrogen-bond donors (Lipinski definition) is 0. The van der Waals surface area contributed by atoms with Gasteiger partial charge in [0, 0.05) is 16.8 Å². The van der Waals surface area contributed by atoms with Gasteiger partial charge >= 0.3 is 0 Å². The van der Waals surface area contributed by atoms with Crippen LogP contribution in [0, 0.1) is 0 Å². The molecule has 0 spiro atoms. The zero-order chi connectivity index (χ0) is 44.8. The van der Waals surface area contributed by atoms with Gasteiger partial charge in [0.2, 0.25) is 0 Å². The van der Waals surface area contributed by atoms with E-state index in [1.807, 2.05) is 6.08 Å². The summed E-state index contributed by atoms with van der Waals surface area (Å²) >= 11 is 0. The van der Waals surface area contributed by atoms with Crippen molar-refractivity contribution in [3.63, 3.8) is 0 Å². The van der Waals surface area contributed by atoms with Crippen LogP contribution in [0.4, 0.5) is 11.4 Å². The fourth-order valence-corrected chi connectivity index (χ4v) is 11.2. The first-order chi connectivity index (χ1) is 32.4. The maximum atomic E-state index is 4.33. The molecule has 66 heavy (non-hydrogen) atoms. The lowest BCUT2D eigenvalue weighted by Crippen LogP contribution is -2.29. The molecule has 11 rings (SSSR count). The highest BCUT2D eigenvalue weighted by molar-refractivity contribution is 5.92. The minimum absolute atomic E-state index is 0.265. The molecule has 1 nitrogen and oxygen atoms in total. The topological polar surface area (TPSA) is 3.24 Å². The molecular weight excluding hydrogens is 795 g/mol. The van der Waals surface area contributed by atoms with Gasteiger partial charge in [-0.25, -0.2) is 0 Å². The summed E-state index contributed by atoms with van der Waals surface area (Å²) in [5.41, 5.74) is 22.4. The summed E-state index contributed by atoms with van der Waals surface area (Å²) in [5, 5.41) is 0. The molecule has 0 saturated heterocycles. The van der Waals surface area contributed by atoms with Crippen molar-refractivity contribution in [3.05, 3.63) is 294 Å². The average Bonchev–Trinajstić information content (AvgIpc) is 3.79. The van der Waals surface area contributed by atoms with Crippen molar-refractivity contribution >= 4 is 16.9 Å². The summed E-state index contributed by atoms with van der Waals surface area (Å²) < 4.78 is 0. The predicted molar refractivity (Wildman–Crippen MR) is 279 cm³/mol. The van der Waals surface area contributed by atoms with Crippen molar-refractivity contribution in [2.75, 3.05) is 4.90 Å². The van der Waals surface area contributed by atoms with Gasteiger partial charge in [-0.1, -0.05) is 215 Å². The van der Waals surface area contributed by atoms with Gasteiger partial charge in [-0.15, -0.1) is 0 Å². The Morgan fingerprint density at radius 1 is 0.409 bits per heavy atom. The zero-order valence-corrected chi connectivity index (χ0v) is 37.7. The molecule has 0 fully saturated rings. The monoisotopic (exact) mass is 845 g/mol. The third-order valence-electron chi connectivity index (χ3n) is 14.1. The standard InChI is InChI=1S/C65H51N/c1-5-22-62(63-45(2)56-31-18-20-33-59(56)64(63,3)4)66(54-37-35-48(36-38-54)51-42-49(46-23-10-6-11-24-46)41-50(43-51)47-25-12-7-13-26-47)55-39-40-61-58(44-55)57-32-19-21-34-60(57)65(61,52-27-14-8-15-28-52)53-29-16-9-17-30-53/h5-44H,1H2,2-4H3/b62-22+. The van der Waals surface area contributed by atoms with Gasteiger partial charge < -0.3 is 4.90 Å². The molecular formula is C65H51N. The molecule has 0 saturated carbocycles. The lowest BCUT2D eigenvalue weighted by atomic mass is 9.68. The third kappa shape index (κ3) is 6.62. The number of nitrogens with zero attached hydrogens (tertiary/aromatic N) is 1. The highest BCUT2D eigenvalue weighted by Crippen LogP contribution is 2.58. The van der Waals surface area contributed by atoms with E-state index < -0.39 is 5.41 Å². The lowest BCUT2D eigenvalue weighted by molar-refractivity contribution is 0.642. The Kier molecular flexibility index (Phi) is 10.2. The second-order valence-corrected chi connectivity index (χ2v) is 18.1. The molecule has 0 N–H and O–H groups in total. The first kappa shape index (κ1) is 40.8. The summed E-state index contributed by atoms with van der Waals surface area (Å²) in [6, 6.07) is 84.7. The molecule has 0 aromatic heterocycles. The Hall–Kier alpha value is -8.00. The van der Waals surface area contributed by atoms with E-state index >= 15 is 0 Å². The van der Waals surface area contributed by atoms with E-state index in [2.05, 4.69) is 269 Å². The van der Waals surface area contributed by atoms with Crippen molar-refractivity contribution < 1.29 is 0 Å². The quantitative estimate of drug-likeness (QED) is 0.124. The maximum Gasteiger partial charge on any atom is 0.0713 e. The Balaban J connectivity index is 1.12. The molecule has 0 heterocycles. The highest BCUT2D eigenvalue weighted by atomic mass is 15.2. The smallest absolute Gasteiger partial charge is 0.0713 e. The molecule has 9 aromatic carbocycles. The van der Waals surface area contributed by atoms with E-state index in [1.54, 1.807) is 0 Å². The Morgan fingerprint density at radius 3 is 1.38 bits per heavy atom. The van der Waals surface area contributed by atoms with Gasteiger partial charge in [0.1, 0.15) is 0 Å². The molecule has 0 atom stereocenters. The van der Waals surface area contributed by atoms with Crippen molar-refractivity contribution in [3.8, 4) is 44.5 Å². The van der Waals surface area contributed by atoms with Crippen LogP contribution in [0.2, 0.25) is 0 Å². The fourth-order valence-electron chi connectivity index (χ4n) is 11.2. The molecule has 9 aromatic rings. The summed E-state index contributed by atoms with van der Waals surface area (Å²) in [7, 11) is 0. The molecule has 0 amide bonds. The SMILES string of the molecule is C=C/C=C(\C1=C(C)c2ccccc2C1(C)C)N(c1ccc(-c2cc(-c3ccccc3)cc(-c3ccccc3)c2)cc1)c1ccc2c(c1)-c1ccccc1C2(c1ccccc1)c1ccccc1. The van der Waals surface area contributed by atoms with Crippen LogP contribution in [0.15, 0.2) is 261 Å². The number of anilines is 2. The van der Waals surface area contributed by atoms with Gasteiger partial charge in [-0.2, -0.15) is 0 Å². The van der Waals surface area contributed by atoms with Gasteiger partial charge in [0.25, 0.3) is 0 Å². The first-order valence-electron chi connectivity index (χ1n) is 23.0. The van der Waals surface area contributed by atoms with Gasteiger partial charge in [-0.3, -0.25) is 0 Å². The summed E-state index contributed by atoms with van der Waals surface area (Å²) in [5.74, 6) is 0. The molecule has 2 aliphatic carbocycles. The third-order valence-corrected chi connectivity index (χ3v) is 14.1. The number of hydrogen-bond acceptors (Lipinski definition) is 1. The van der Waals surface area contributed by atoms with Crippen LogP contribution < -0.4 is 4.90 Å². The van der Waals surface area contributed by atoms with Crippen LogP contribution in [0.1, 0.15) is 54.2 Å². The second kappa shape index (κ2) is 16.5. The van der Waals surface area contributed by atoms with E-state index in [0.717, 1.165) is 22.6 Å². The number of allylic oxidation sites excluding steroid dienone is 4. The summed E-state index contributed by atoms with van der Waals surface area (Å²) in [6.45, 7) is 11.4. The van der Waals surface area contributed by atoms with Crippen molar-refractivity contribution in [1.29, 1.82) is 0 Å². The zero-order valence-electron chi connectivity index (χ0n) is 37.7. The van der Waals surface area contributed by atoms with E-state index in [4.69, 9.17) is 0 Å². The molecule has 0 aliphatic heterocycles. The highest BCUT2D eigenvalue weighted by Gasteiger charge is 2.46. The number of rotatable bonds is 10. The number of fused-ring (bicyclic) bond motifs is 4. The summed E-state index contributed by atoms with van der Waals surface area (Å²) in [6.07, 6.45) is 4.17. The van der Waals surface area contributed by atoms with Crippen molar-refractivity contribution in [1.82, 2.24) is 0 Å². The predicted octanol–water partition coefficient (Wildman–Crippen LogP) is 17.0. The minimum atomic E-state index is -0.486. The van der Waals surface area contributed by atoms with Crippen LogP contribution in [-0.4, -0.2) is 0 Å². The van der Waals surface area contributed by atoms with Crippen molar-refractivity contribution in [2.24, 2.45) is 0 Å². The largest absolute Gasteiger partial charge is 0.310 e. The van der Waals surface area contributed by atoms with Gasteiger partial charge in [0.15, 0.2) is 0 Å². The average molecular weight is 846 g/mol. The Morgan fingerprint density at radius 2 is 0.848 bits per heavy atom. The Labute approximate surface area is 390 Å². The van der Waals surface area contributed by atoms with Gasteiger partial charge in [-0.05, 0) is 144 Å². The maximum absolute atomic E-state index is 4.33. The number of benzene rings is 9. The van der Waals surface area contributed by atoms with Crippen LogP contribution >= 0.6 is 0 Å². The van der Waals surface area contributed by atoms with Gasteiger partial charge in [0.05, 0.1) is 11.1 Å². The van der Waals surface area contributed by atoms with Crippen LogP contribution in [0.5, 0.6) is 0 Å². The molecule has 0 radical (unpaired) electrons. The van der Waals surface area contributed by atoms with E-state index in [0.29, 0.717) is 0 Å². The second-order valence-electron chi connectivity index (χ2n) is 18.1. The Bertz CT molecular complexity index is 3220. The summed E-state index contributed by atoms with van der Waals surface area (Å²) in [4.78, 5) is 2.47. The fraction of sp³-hybridized carbons (Fsp3) is 0.0769. The molecule has 1 heteroatoms. The van der Waals surface area contributed by atoms with E-state index in [9.17, 15) is 0 Å². The lowest BCUT2D eigenvalue weighted by Gasteiger charge is -2.36. The van der Waals surface area contributed by atoms with Crippen molar-refractivity contribution in [2.45, 2.75) is 31.6 Å². The van der Waals surface area contributed by atoms with E-state index in [-0.39, 0.29) is 5.41 Å². The minimum Gasteiger partial charge on any atom is -0.310 e. The molecule has 0 unspecified atom stereocenters. The van der Waals surface area contributed by atoms with Crippen LogP contribution in [-0.2, 0) is 10.8 Å². The molecule has 0 bridgehead atoms. The van der Waals surface area contributed by atoms with Crippen LogP contribution in [0.25, 0.3) is 50.1 Å². The first-order valence-corrected chi connectivity index (χ1v) is 23.0. The normalized spacial score (nSPS) is 14.3.